The average Bonchev–Trinajstić information content (AvgIpc) is 2.94. The Morgan fingerprint density at radius 2 is 1.91 bits per heavy atom. The van der Waals surface area contributed by atoms with Gasteiger partial charge in [-0.05, 0) is 24.6 Å². The van der Waals surface area contributed by atoms with Gasteiger partial charge in [0.25, 0.3) is 0 Å². The Hall–Kier alpha value is -2.88. The highest BCUT2D eigenvalue weighted by Crippen LogP contribution is 2.36. The number of benzene rings is 2. The van der Waals surface area contributed by atoms with Gasteiger partial charge in [-0.3, -0.25) is 9.59 Å². The molecule has 114 valence electrons. The zero-order chi connectivity index (χ0) is 16.0. The number of fused-ring (bicyclic) bond motifs is 3. The number of phenolic OH excluding ortho intramolecular Hbond substituents is 1. The number of rotatable bonds is 2. The Kier molecular flexibility index (Phi) is 3.05. The highest BCUT2D eigenvalue weighted by Gasteiger charge is 2.36. The van der Waals surface area contributed by atoms with Gasteiger partial charge in [0.05, 0.1) is 11.5 Å². The van der Waals surface area contributed by atoms with E-state index in [1.54, 1.807) is 30.3 Å². The second kappa shape index (κ2) is 5.09. The van der Waals surface area contributed by atoms with E-state index in [1.165, 1.54) is 12.1 Å². The van der Waals surface area contributed by atoms with Crippen LogP contribution in [0.2, 0.25) is 0 Å². The molecular formula is C19H14O4. The molecule has 4 nitrogen and oxygen atoms in total. The topological polar surface area (TPSA) is 67.5 Å². The molecule has 0 fully saturated rings. The molecule has 1 aliphatic carbocycles. The highest BCUT2D eigenvalue weighted by molar-refractivity contribution is 6.21. The zero-order valence-electron chi connectivity index (χ0n) is 12.3. The summed E-state index contributed by atoms with van der Waals surface area (Å²) in [4.78, 5) is 25.5. The molecule has 0 saturated carbocycles. The first-order chi connectivity index (χ1) is 11.1. The third kappa shape index (κ3) is 2.14. The van der Waals surface area contributed by atoms with Gasteiger partial charge in [-0.2, -0.15) is 0 Å². The number of hydrogen-bond acceptors (Lipinski definition) is 4. The summed E-state index contributed by atoms with van der Waals surface area (Å²) in [5, 5.41) is 10.2. The number of Topliss-reactive ketones (excluding diaryl/α,β-unsaturated/α-hetero) is 2. The van der Waals surface area contributed by atoms with Crippen molar-refractivity contribution in [2.45, 2.75) is 12.8 Å². The van der Waals surface area contributed by atoms with Crippen LogP contribution >= 0.6 is 0 Å². The third-order valence-electron chi connectivity index (χ3n) is 4.34. The first-order valence-electron chi connectivity index (χ1n) is 7.53. The summed E-state index contributed by atoms with van der Waals surface area (Å²) in [5.74, 6) is -0.383. The van der Waals surface area contributed by atoms with E-state index in [0.717, 1.165) is 0 Å². The first-order valence-corrected chi connectivity index (χ1v) is 7.53. The first kappa shape index (κ1) is 13.8. The van der Waals surface area contributed by atoms with Gasteiger partial charge in [0.2, 0.25) is 0 Å². The van der Waals surface area contributed by atoms with Crippen LogP contribution in [0, 0.1) is 5.92 Å². The van der Waals surface area contributed by atoms with E-state index < -0.39 is 5.92 Å². The van der Waals surface area contributed by atoms with Crippen molar-refractivity contribution in [3.8, 4) is 5.75 Å². The van der Waals surface area contributed by atoms with Crippen molar-refractivity contribution in [3.05, 3.63) is 65.4 Å². The van der Waals surface area contributed by atoms with E-state index in [9.17, 15) is 14.7 Å². The van der Waals surface area contributed by atoms with Crippen molar-refractivity contribution in [1.29, 1.82) is 0 Å². The lowest BCUT2D eigenvalue weighted by atomic mass is 9.81. The molecule has 4 heteroatoms. The molecule has 0 radical (unpaired) electrons. The fourth-order valence-electron chi connectivity index (χ4n) is 3.22. The molecule has 0 spiro atoms. The van der Waals surface area contributed by atoms with Gasteiger partial charge in [0.15, 0.2) is 11.6 Å². The minimum atomic E-state index is -0.687. The summed E-state index contributed by atoms with van der Waals surface area (Å²) in [6.07, 6.45) is 0.991. The number of ketones is 2. The number of carbonyl (C=O) groups is 2. The van der Waals surface area contributed by atoms with Crippen molar-refractivity contribution >= 4 is 22.5 Å². The Balaban J connectivity index is 1.79. The largest absolute Gasteiger partial charge is 0.508 e. The number of aromatic hydroxyl groups is 1. The molecule has 2 aromatic carbocycles. The van der Waals surface area contributed by atoms with Gasteiger partial charge in [0, 0.05) is 17.4 Å². The van der Waals surface area contributed by atoms with Crippen LogP contribution in [-0.2, 0) is 6.42 Å². The second-order valence-corrected chi connectivity index (χ2v) is 5.77. The molecular weight excluding hydrogens is 292 g/mol. The quantitative estimate of drug-likeness (QED) is 0.578. The predicted molar refractivity (Wildman–Crippen MR) is 84.8 cm³/mol. The van der Waals surface area contributed by atoms with E-state index in [1.807, 2.05) is 6.07 Å². The smallest absolute Gasteiger partial charge is 0.177 e. The normalized spacial score (nSPS) is 17.2. The van der Waals surface area contributed by atoms with E-state index in [0.29, 0.717) is 40.7 Å². The fourth-order valence-corrected chi connectivity index (χ4v) is 3.22. The molecule has 1 aromatic heterocycles. The molecule has 0 amide bonds. The lowest BCUT2D eigenvalue weighted by Gasteiger charge is -2.19. The summed E-state index contributed by atoms with van der Waals surface area (Å²) >= 11 is 0. The number of phenols is 1. The van der Waals surface area contributed by atoms with Crippen LogP contribution in [0.25, 0.3) is 11.0 Å². The molecule has 1 unspecified atom stereocenters. The molecule has 0 saturated heterocycles. The third-order valence-corrected chi connectivity index (χ3v) is 4.34. The monoisotopic (exact) mass is 306 g/mol. The summed E-state index contributed by atoms with van der Waals surface area (Å²) < 4.78 is 5.71. The summed E-state index contributed by atoms with van der Waals surface area (Å²) in [7, 11) is 0. The average molecular weight is 306 g/mol. The Bertz CT molecular complexity index is 921. The summed E-state index contributed by atoms with van der Waals surface area (Å²) in [5.41, 5.74) is 1.55. The molecule has 1 atom stereocenters. The Morgan fingerprint density at radius 1 is 1.13 bits per heavy atom. The van der Waals surface area contributed by atoms with Crippen molar-refractivity contribution in [2.75, 3.05) is 0 Å². The zero-order valence-corrected chi connectivity index (χ0v) is 12.3. The number of aryl methyl sites for hydroxylation is 1. The Morgan fingerprint density at radius 3 is 2.70 bits per heavy atom. The number of hydrogen-bond donors (Lipinski definition) is 1. The minimum Gasteiger partial charge on any atom is -0.508 e. The maximum Gasteiger partial charge on any atom is 0.177 e. The maximum absolute atomic E-state index is 12.9. The lowest BCUT2D eigenvalue weighted by molar-refractivity contribution is 0.0788. The van der Waals surface area contributed by atoms with Gasteiger partial charge in [-0.15, -0.1) is 0 Å². The molecule has 0 bridgehead atoms. The van der Waals surface area contributed by atoms with Gasteiger partial charge in [0.1, 0.15) is 17.1 Å². The highest BCUT2D eigenvalue weighted by atomic mass is 16.3. The van der Waals surface area contributed by atoms with Gasteiger partial charge < -0.3 is 9.52 Å². The SMILES string of the molecule is O=C(c1ccccc1)C1CCc2oc3ccc(O)cc3c2C1=O. The van der Waals surface area contributed by atoms with E-state index in [-0.39, 0.29) is 17.3 Å². The van der Waals surface area contributed by atoms with Crippen LogP contribution in [-0.4, -0.2) is 16.7 Å². The summed E-state index contributed by atoms with van der Waals surface area (Å²) in [6.45, 7) is 0. The van der Waals surface area contributed by atoms with E-state index in [2.05, 4.69) is 0 Å². The van der Waals surface area contributed by atoms with Crippen LogP contribution in [0.3, 0.4) is 0 Å². The molecule has 0 aliphatic heterocycles. The molecule has 23 heavy (non-hydrogen) atoms. The molecule has 1 heterocycles. The van der Waals surface area contributed by atoms with Gasteiger partial charge in [-0.1, -0.05) is 30.3 Å². The molecule has 4 rings (SSSR count). The van der Waals surface area contributed by atoms with E-state index >= 15 is 0 Å². The minimum absolute atomic E-state index is 0.0745. The van der Waals surface area contributed by atoms with Crippen LogP contribution in [0.15, 0.2) is 52.9 Å². The summed E-state index contributed by atoms with van der Waals surface area (Å²) in [6, 6.07) is 13.6. The molecule has 1 aliphatic rings. The second-order valence-electron chi connectivity index (χ2n) is 5.77. The van der Waals surface area contributed by atoms with Crippen LogP contribution in [0.1, 0.15) is 32.9 Å². The van der Waals surface area contributed by atoms with Crippen molar-refractivity contribution in [1.82, 2.24) is 0 Å². The number of carbonyl (C=O) groups excluding carboxylic acids is 2. The van der Waals surface area contributed by atoms with Crippen molar-refractivity contribution in [2.24, 2.45) is 5.92 Å². The van der Waals surface area contributed by atoms with Gasteiger partial charge >= 0.3 is 0 Å². The maximum atomic E-state index is 12.9. The van der Waals surface area contributed by atoms with Crippen LogP contribution in [0.4, 0.5) is 0 Å². The number of furan rings is 1. The van der Waals surface area contributed by atoms with E-state index in [4.69, 9.17) is 4.42 Å². The Labute approximate surface area is 132 Å². The molecule has 3 aromatic rings. The molecule has 1 N–H and O–H groups in total. The van der Waals surface area contributed by atoms with Crippen molar-refractivity contribution < 1.29 is 19.1 Å². The standard InChI is InChI=1S/C19H14O4/c20-12-6-8-15-14(10-12)17-16(23-15)9-7-13(19(17)22)18(21)11-4-2-1-3-5-11/h1-6,8,10,13,20H,7,9H2. The van der Waals surface area contributed by atoms with Crippen molar-refractivity contribution in [3.63, 3.8) is 0 Å². The van der Waals surface area contributed by atoms with Gasteiger partial charge in [-0.25, -0.2) is 0 Å². The fraction of sp³-hybridized carbons (Fsp3) is 0.158. The predicted octanol–water partition coefficient (Wildman–Crippen LogP) is 3.77. The van der Waals surface area contributed by atoms with Crippen LogP contribution < -0.4 is 0 Å². The lowest BCUT2D eigenvalue weighted by Crippen LogP contribution is -2.29. The van der Waals surface area contributed by atoms with Crippen LogP contribution in [0.5, 0.6) is 5.75 Å².